The number of hydrogen-bond acceptors (Lipinski definition) is 7. The second-order valence-electron chi connectivity index (χ2n) is 10.1. The van der Waals surface area contributed by atoms with Gasteiger partial charge in [0.25, 0.3) is 0 Å². The van der Waals surface area contributed by atoms with Gasteiger partial charge < -0.3 is 31.2 Å². The Bertz CT molecular complexity index is 1810. The summed E-state index contributed by atoms with van der Waals surface area (Å²) in [5.41, 5.74) is 13.2. The Hall–Kier alpha value is -5.51. The minimum Gasteiger partial charge on any atom is -0.457 e. The highest BCUT2D eigenvalue weighted by atomic mass is 16.5. The van der Waals surface area contributed by atoms with Crippen molar-refractivity contribution in [3.05, 3.63) is 97.6 Å². The summed E-state index contributed by atoms with van der Waals surface area (Å²) in [5, 5.41) is 4.99. The van der Waals surface area contributed by atoms with E-state index < -0.39 is 0 Å². The molecule has 0 aliphatic rings. The fourth-order valence-electron chi connectivity index (χ4n) is 4.26. The van der Waals surface area contributed by atoms with Crippen molar-refractivity contribution in [2.45, 2.75) is 20.3 Å². The SMILES string of the molecule is CC(C)CCNC(=O)n1ccc2cc(Oc3ccnc(N)c3)ccc21.Nc1cc(Oc2ccc3[nH]ccc3c2)ccn1. The first-order valence-electron chi connectivity index (χ1n) is 13.6. The molecule has 6 aromatic rings. The third-order valence-electron chi connectivity index (χ3n) is 6.38. The Morgan fingerprint density at radius 3 is 2.10 bits per heavy atom. The topological polar surface area (TPSA) is 146 Å². The summed E-state index contributed by atoms with van der Waals surface area (Å²) in [6.45, 7) is 4.94. The summed E-state index contributed by atoms with van der Waals surface area (Å²) >= 11 is 0. The number of nitrogen functional groups attached to an aromatic ring is 2. The van der Waals surface area contributed by atoms with E-state index in [0.29, 0.717) is 41.3 Å². The van der Waals surface area contributed by atoms with Crippen LogP contribution in [-0.4, -0.2) is 32.1 Å². The number of fused-ring (bicyclic) bond motifs is 2. The lowest BCUT2D eigenvalue weighted by Crippen LogP contribution is -2.29. The molecule has 0 bridgehead atoms. The third-order valence-corrected chi connectivity index (χ3v) is 6.38. The lowest BCUT2D eigenvalue weighted by molar-refractivity contribution is 0.242. The number of aromatic amines is 1. The number of H-pyrrole nitrogens is 1. The van der Waals surface area contributed by atoms with Gasteiger partial charge in [0.05, 0.1) is 5.52 Å². The molecule has 6 rings (SSSR count). The maximum absolute atomic E-state index is 12.3. The molecule has 0 atom stereocenters. The molecule has 0 saturated heterocycles. The fourth-order valence-corrected chi connectivity index (χ4v) is 4.26. The number of amides is 1. The van der Waals surface area contributed by atoms with Crippen LogP contribution in [0.4, 0.5) is 16.4 Å². The predicted octanol–water partition coefficient (Wildman–Crippen LogP) is 6.95. The first-order valence-corrected chi connectivity index (χ1v) is 13.6. The number of nitrogens with zero attached hydrogens (tertiary/aromatic N) is 3. The molecule has 2 aromatic carbocycles. The number of hydrogen-bond donors (Lipinski definition) is 4. The summed E-state index contributed by atoms with van der Waals surface area (Å²) in [4.78, 5) is 23.3. The van der Waals surface area contributed by atoms with E-state index in [0.717, 1.165) is 34.0 Å². The van der Waals surface area contributed by atoms with E-state index in [4.69, 9.17) is 20.9 Å². The molecule has 4 heterocycles. The second-order valence-corrected chi connectivity index (χ2v) is 10.1. The summed E-state index contributed by atoms with van der Waals surface area (Å²) in [5.74, 6) is 4.18. The number of carbonyl (C=O) groups is 1. The largest absolute Gasteiger partial charge is 0.457 e. The van der Waals surface area contributed by atoms with Crippen LogP contribution in [0.3, 0.4) is 0 Å². The highest BCUT2D eigenvalue weighted by Gasteiger charge is 2.10. The van der Waals surface area contributed by atoms with Crippen molar-refractivity contribution < 1.29 is 14.3 Å². The molecule has 42 heavy (non-hydrogen) atoms. The molecule has 0 spiro atoms. The van der Waals surface area contributed by atoms with Crippen molar-refractivity contribution in [3.8, 4) is 23.0 Å². The van der Waals surface area contributed by atoms with Gasteiger partial charge in [-0.2, -0.15) is 0 Å². The Morgan fingerprint density at radius 2 is 1.45 bits per heavy atom. The highest BCUT2D eigenvalue weighted by Crippen LogP contribution is 2.27. The Labute approximate surface area is 243 Å². The predicted molar refractivity (Wildman–Crippen MR) is 166 cm³/mol. The number of nitrogens with one attached hydrogen (secondary N) is 2. The molecular weight excluding hydrogens is 530 g/mol. The van der Waals surface area contributed by atoms with Crippen molar-refractivity contribution in [3.63, 3.8) is 0 Å². The van der Waals surface area contributed by atoms with Crippen LogP contribution in [0.25, 0.3) is 21.8 Å². The van der Waals surface area contributed by atoms with Crippen molar-refractivity contribution in [2.24, 2.45) is 5.92 Å². The van der Waals surface area contributed by atoms with Crippen LogP contribution >= 0.6 is 0 Å². The minimum absolute atomic E-state index is 0.119. The van der Waals surface area contributed by atoms with Crippen molar-refractivity contribution in [2.75, 3.05) is 18.0 Å². The van der Waals surface area contributed by atoms with Crippen LogP contribution in [-0.2, 0) is 0 Å². The number of rotatable bonds is 7. The van der Waals surface area contributed by atoms with E-state index in [2.05, 4.69) is 34.1 Å². The maximum Gasteiger partial charge on any atom is 0.326 e. The van der Waals surface area contributed by atoms with Crippen LogP contribution in [0.15, 0.2) is 97.6 Å². The van der Waals surface area contributed by atoms with Gasteiger partial charge in [0, 0.05) is 59.8 Å². The van der Waals surface area contributed by atoms with Gasteiger partial charge in [-0.3, -0.25) is 4.57 Å². The molecule has 0 saturated carbocycles. The molecule has 0 fully saturated rings. The van der Waals surface area contributed by atoms with Gasteiger partial charge in [0.15, 0.2) is 0 Å². The number of carbonyl (C=O) groups excluding carboxylic acids is 1. The molecule has 6 N–H and O–H groups in total. The van der Waals surface area contributed by atoms with E-state index >= 15 is 0 Å². The van der Waals surface area contributed by atoms with Gasteiger partial charge in [-0.25, -0.2) is 14.8 Å². The molecule has 4 aromatic heterocycles. The Kier molecular flexibility index (Phi) is 8.53. The number of aromatic nitrogens is 4. The van der Waals surface area contributed by atoms with Crippen LogP contribution in [0.5, 0.6) is 23.0 Å². The lowest BCUT2D eigenvalue weighted by Gasteiger charge is -2.09. The number of pyridine rings is 2. The monoisotopic (exact) mass is 563 g/mol. The van der Waals surface area contributed by atoms with Crippen LogP contribution in [0.2, 0.25) is 0 Å². The normalized spacial score (nSPS) is 10.8. The first-order chi connectivity index (χ1) is 20.3. The number of benzene rings is 2. The standard InChI is InChI=1S/C19H22N4O2.C13H11N3O/c1-13(2)5-8-22-19(24)23-10-7-14-11-15(3-4-17(14)23)25-16-6-9-21-18(20)12-16;14-13-8-11(4-6-16-13)17-10-1-2-12-9(7-10)3-5-15-12/h3-4,6-7,9-13H,5,8H2,1-2H3,(H2,20,21)(H,22,24);1-8,15H,(H2,14,16). The zero-order valence-corrected chi connectivity index (χ0v) is 23.5. The zero-order chi connectivity index (χ0) is 29.5. The number of ether oxygens (including phenoxy) is 2. The van der Waals surface area contributed by atoms with Gasteiger partial charge in [-0.1, -0.05) is 13.8 Å². The molecule has 0 aliphatic heterocycles. The van der Waals surface area contributed by atoms with Crippen molar-refractivity contribution >= 4 is 39.5 Å². The van der Waals surface area contributed by atoms with Crippen LogP contribution in [0.1, 0.15) is 20.3 Å². The third kappa shape index (κ3) is 7.16. The minimum atomic E-state index is -0.119. The van der Waals surface area contributed by atoms with Crippen LogP contribution < -0.4 is 26.3 Å². The quantitative estimate of drug-likeness (QED) is 0.164. The van der Waals surface area contributed by atoms with E-state index in [9.17, 15) is 4.79 Å². The van der Waals surface area contributed by atoms with Gasteiger partial charge in [0.2, 0.25) is 0 Å². The van der Waals surface area contributed by atoms with Crippen molar-refractivity contribution in [1.82, 2.24) is 24.8 Å². The molecule has 214 valence electrons. The molecule has 10 heteroatoms. The van der Waals surface area contributed by atoms with Gasteiger partial charge in [-0.05, 0) is 73.0 Å². The average molecular weight is 564 g/mol. The molecule has 1 amide bonds. The van der Waals surface area contributed by atoms with E-state index in [1.807, 2.05) is 54.7 Å². The average Bonchev–Trinajstić information content (AvgIpc) is 3.60. The Balaban J connectivity index is 0.000000180. The summed E-state index contributed by atoms with van der Waals surface area (Å²) in [7, 11) is 0. The van der Waals surface area contributed by atoms with Gasteiger partial charge >= 0.3 is 6.03 Å². The summed E-state index contributed by atoms with van der Waals surface area (Å²) in [6, 6.07) is 22.1. The maximum atomic E-state index is 12.3. The van der Waals surface area contributed by atoms with Crippen molar-refractivity contribution in [1.29, 1.82) is 0 Å². The summed E-state index contributed by atoms with van der Waals surface area (Å²) < 4.78 is 13.1. The Morgan fingerprint density at radius 1 is 0.833 bits per heavy atom. The molecule has 0 unspecified atom stereocenters. The molecule has 10 nitrogen and oxygen atoms in total. The second kappa shape index (κ2) is 12.8. The zero-order valence-electron chi connectivity index (χ0n) is 23.5. The summed E-state index contributed by atoms with van der Waals surface area (Å²) in [6.07, 6.45) is 7.85. The smallest absolute Gasteiger partial charge is 0.326 e. The fraction of sp³-hybridized carbons (Fsp3) is 0.156. The van der Waals surface area contributed by atoms with Gasteiger partial charge in [0.1, 0.15) is 34.6 Å². The van der Waals surface area contributed by atoms with Crippen LogP contribution in [0, 0.1) is 5.92 Å². The first kappa shape index (κ1) is 28.0. The highest BCUT2D eigenvalue weighted by molar-refractivity contribution is 5.92. The van der Waals surface area contributed by atoms with E-state index in [1.165, 1.54) is 0 Å². The number of nitrogens with two attached hydrogens (primary N) is 2. The molecular formula is C32H33N7O3. The lowest BCUT2D eigenvalue weighted by atomic mass is 10.1. The van der Waals surface area contributed by atoms with Gasteiger partial charge in [-0.15, -0.1) is 0 Å². The molecule has 0 radical (unpaired) electrons. The number of anilines is 2. The van der Waals surface area contributed by atoms with E-state index in [-0.39, 0.29) is 6.03 Å². The van der Waals surface area contributed by atoms with E-state index in [1.54, 1.807) is 47.4 Å². The molecule has 0 aliphatic carbocycles.